The van der Waals surface area contributed by atoms with Crippen molar-refractivity contribution in [1.82, 2.24) is 5.32 Å². The van der Waals surface area contributed by atoms with Crippen molar-refractivity contribution in [3.05, 3.63) is 59.7 Å². The molecule has 0 bridgehead atoms. The third-order valence-corrected chi connectivity index (χ3v) is 5.53. The molecule has 8 heteroatoms. The second-order valence-corrected chi connectivity index (χ2v) is 9.53. The molecule has 1 aliphatic heterocycles. The summed E-state index contributed by atoms with van der Waals surface area (Å²) in [7, 11) is 0. The molecule has 2 atom stereocenters. The summed E-state index contributed by atoms with van der Waals surface area (Å²) in [5, 5.41) is 2.90. The smallest absolute Gasteiger partial charge is 0.331 e. The van der Waals surface area contributed by atoms with Crippen molar-refractivity contribution in [2.24, 2.45) is 16.5 Å². The van der Waals surface area contributed by atoms with Crippen molar-refractivity contribution in [3.63, 3.8) is 0 Å². The number of esters is 1. The zero-order chi connectivity index (χ0) is 24.9. The summed E-state index contributed by atoms with van der Waals surface area (Å²) < 4.78 is 11.4. The molecule has 0 saturated heterocycles. The van der Waals surface area contributed by atoms with Crippen LogP contribution in [0.15, 0.2) is 53.5 Å². The Morgan fingerprint density at radius 2 is 1.82 bits per heavy atom. The Hall–Kier alpha value is -3.39. The molecule has 3 rings (SSSR count). The first-order valence-corrected chi connectivity index (χ1v) is 11.5. The highest BCUT2D eigenvalue weighted by Gasteiger charge is 2.40. The summed E-state index contributed by atoms with van der Waals surface area (Å²) in [5.74, 6) is 0.292. The molecule has 2 aromatic rings. The van der Waals surface area contributed by atoms with Gasteiger partial charge in [0.25, 0.3) is 5.91 Å². The lowest BCUT2D eigenvalue weighted by molar-refractivity contribution is -0.162. The summed E-state index contributed by atoms with van der Waals surface area (Å²) in [6, 6.07) is 14.3. The van der Waals surface area contributed by atoms with Crippen LogP contribution in [0.25, 0.3) is 0 Å². The number of unbranched alkanes of at least 4 members (excludes halogenated alkanes) is 1. The molecule has 0 spiro atoms. The van der Waals surface area contributed by atoms with Crippen molar-refractivity contribution < 1.29 is 19.1 Å². The van der Waals surface area contributed by atoms with Crippen LogP contribution in [0.2, 0.25) is 0 Å². The summed E-state index contributed by atoms with van der Waals surface area (Å²) in [5.41, 5.74) is 12.3. The van der Waals surface area contributed by atoms with Crippen LogP contribution in [-0.4, -0.2) is 36.0 Å². The van der Waals surface area contributed by atoms with E-state index >= 15 is 0 Å². The monoisotopic (exact) mass is 466 g/mol. The number of carbonyl (C=O) groups is 2. The topological polar surface area (TPSA) is 129 Å². The van der Waals surface area contributed by atoms with Crippen LogP contribution in [0.5, 0.6) is 5.75 Å². The minimum atomic E-state index is -1.39. The molecular formula is C26H34N4O4. The van der Waals surface area contributed by atoms with Crippen molar-refractivity contribution in [2.45, 2.75) is 64.2 Å². The Labute approximate surface area is 200 Å². The number of carbonyl (C=O) groups excluding carboxylic acids is 2. The second-order valence-electron chi connectivity index (χ2n) is 9.53. The van der Waals surface area contributed by atoms with E-state index in [1.807, 2.05) is 25.1 Å². The Morgan fingerprint density at radius 3 is 2.50 bits per heavy atom. The molecule has 2 unspecified atom stereocenters. The predicted octanol–water partition coefficient (Wildman–Crippen LogP) is 3.55. The first-order chi connectivity index (χ1) is 16.0. The Morgan fingerprint density at radius 1 is 1.12 bits per heavy atom. The Balaban J connectivity index is 1.72. The summed E-state index contributed by atoms with van der Waals surface area (Å²) >= 11 is 0. The molecule has 1 aliphatic rings. The molecule has 0 saturated carbocycles. The summed E-state index contributed by atoms with van der Waals surface area (Å²) in [6.45, 7) is 7.70. The number of amides is 1. The van der Waals surface area contributed by atoms with Crippen LogP contribution >= 0.6 is 0 Å². The largest absolute Gasteiger partial charge is 0.481 e. The van der Waals surface area contributed by atoms with Gasteiger partial charge in [-0.15, -0.1) is 0 Å². The van der Waals surface area contributed by atoms with Crippen LogP contribution in [0.4, 0.5) is 5.69 Å². The van der Waals surface area contributed by atoms with E-state index in [2.05, 4.69) is 10.3 Å². The molecule has 1 amide bonds. The summed E-state index contributed by atoms with van der Waals surface area (Å²) in [4.78, 5) is 29.9. The number of aliphatic imine (C=N–C) groups is 1. The van der Waals surface area contributed by atoms with Crippen LogP contribution in [0.1, 0.15) is 62.9 Å². The maximum atomic E-state index is 13.2. The van der Waals surface area contributed by atoms with E-state index in [-0.39, 0.29) is 12.0 Å². The maximum Gasteiger partial charge on any atom is 0.331 e. The van der Waals surface area contributed by atoms with Gasteiger partial charge in [0.2, 0.25) is 0 Å². The van der Waals surface area contributed by atoms with Gasteiger partial charge in [0.15, 0.2) is 6.10 Å². The highest BCUT2D eigenvalue weighted by Crippen LogP contribution is 2.37. The Bertz CT molecular complexity index is 1060. The van der Waals surface area contributed by atoms with Gasteiger partial charge in [-0.25, -0.2) is 9.79 Å². The number of benzene rings is 2. The number of rotatable bonds is 8. The Kier molecular flexibility index (Phi) is 7.61. The molecule has 182 valence electrons. The second kappa shape index (κ2) is 10.3. The van der Waals surface area contributed by atoms with Crippen LogP contribution < -0.4 is 21.5 Å². The molecular weight excluding hydrogens is 432 g/mol. The molecule has 8 nitrogen and oxygen atoms in total. The number of amidine groups is 1. The quantitative estimate of drug-likeness (QED) is 0.403. The fourth-order valence-electron chi connectivity index (χ4n) is 3.62. The van der Waals surface area contributed by atoms with Gasteiger partial charge in [-0.3, -0.25) is 4.79 Å². The summed E-state index contributed by atoms with van der Waals surface area (Å²) in [6.07, 6.45) is 1.26. The number of hydrogen-bond acceptors (Lipinski definition) is 7. The standard InChI is InChI=1S/C26H34N4O4/c1-17-22(27)30-20-16-19(12-13-21(20)33-17)26(28,24(32)34-25(2,3)4)14-8-9-15-29-23(31)18-10-6-5-7-11-18/h5-7,10-13,16-17H,8-9,14-15,28H2,1-4H3,(H2,27,30)(H,29,31). The van der Waals surface area contributed by atoms with E-state index in [4.69, 9.17) is 20.9 Å². The highest BCUT2D eigenvalue weighted by atomic mass is 16.6. The van der Waals surface area contributed by atoms with Gasteiger partial charge >= 0.3 is 5.97 Å². The molecule has 0 fully saturated rings. The molecule has 0 aliphatic carbocycles. The number of ether oxygens (including phenoxy) is 2. The van der Waals surface area contributed by atoms with Gasteiger partial charge in [0, 0.05) is 12.1 Å². The normalized spacial score (nSPS) is 17.0. The number of nitrogens with one attached hydrogen (secondary N) is 1. The third-order valence-electron chi connectivity index (χ3n) is 5.53. The van der Waals surface area contributed by atoms with E-state index in [9.17, 15) is 9.59 Å². The fraction of sp³-hybridized carbons (Fsp3) is 0.423. The van der Waals surface area contributed by atoms with Gasteiger partial charge < -0.3 is 26.3 Å². The van der Waals surface area contributed by atoms with E-state index in [1.165, 1.54) is 0 Å². The van der Waals surface area contributed by atoms with Gasteiger partial charge in [0.05, 0.1) is 0 Å². The van der Waals surface area contributed by atoms with E-state index in [1.54, 1.807) is 51.1 Å². The average Bonchev–Trinajstić information content (AvgIpc) is 2.78. The number of hydrogen-bond donors (Lipinski definition) is 3. The first-order valence-electron chi connectivity index (χ1n) is 11.5. The van der Waals surface area contributed by atoms with Crippen molar-refractivity contribution >= 4 is 23.4 Å². The van der Waals surface area contributed by atoms with Crippen molar-refractivity contribution in [2.75, 3.05) is 6.54 Å². The van der Waals surface area contributed by atoms with E-state index < -0.39 is 17.1 Å². The zero-order valence-electron chi connectivity index (χ0n) is 20.3. The van der Waals surface area contributed by atoms with Crippen LogP contribution in [-0.2, 0) is 15.1 Å². The van der Waals surface area contributed by atoms with Gasteiger partial charge in [-0.1, -0.05) is 24.3 Å². The molecule has 5 N–H and O–H groups in total. The minimum absolute atomic E-state index is 0.133. The molecule has 0 radical (unpaired) electrons. The van der Waals surface area contributed by atoms with Gasteiger partial charge in [-0.2, -0.15) is 0 Å². The molecule has 0 aromatic heterocycles. The lowest BCUT2D eigenvalue weighted by Crippen LogP contribution is -2.48. The SMILES string of the molecule is CC1Oc2ccc(C(N)(CCCCNC(=O)c3ccccc3)C(=O)OC(C)(C)C)cc2N=C1N. The minimum Gasteiger partial charge on any atom is -0.481 e. The lowest BCUT2D eigenvalue weighted by atomic mass is 9.85. The fourth-order valence-corrected chi connectivity index (χ4v) is 3.62. The molecule has 2 aromatic carbocycles. The molecule has 34 heavy (non-hydrogen) atoms. The third kappa shape index (κ3) is 6.14. The predicted molar refractivity (Wildman–Crippen MR) is 132 cm³/mol. The average molecular weight is 467 g/mol. The lowest BCUT2D eigenvalue weighted by Gasteiger charge is -2.32. The first kappa shape index (κ1) is 25.2. The van der Waals surface area contributed by atoms with Crippen molar-refractivity contribution in [1.29, 1.82) is 0 Å². The van der Waals surface area contributed by atoms with Crippen LogP contribution in [0, 0.1) is 0 Å². The van der Waals surface area contributed by atoms with Gasteiger partial charge in [-0.05, 0) is 76.8 Å². The molecule has 1 heterocycles. The maximum absolute atomic E-state index is 13.2. The number of fused-ring (bicyclic) bond motifs is 1. The van der Waals surface area contributed by atoms with Crippen molar-refractivity contribution in [3.8, 4) is 5.75 Å². The van der Waals surface area contributed by atoms with Crippen LogP contribution in [0.3, 0.4) is 0 Å². The highest BCUT2D eigenvalue weighted by molar-refractivity contribution is 5.94. The van der Waals surface area contributed by atoms with E-state index in [0.29, 0.717) is 54.2 Å². The van der Waals surface area contributed by atoms with E-state index in [0.717, 1.165) is 0 Å². The number of nitrogens with zero attached hydrogens (tertiary/aromatic N) is 1. The number of nitrogens with two attached hydrogens (primary N) is 2. The zero-order valence-corrected chi connectivity index (χ0v) is 20.3. The van der Waals surface area contributed by atoms with Gasteiger partial charge in [0.1, 0.15) is 28.4 Å².